The lowest BCUT2D eigenvalue weighted by Gasteiger charge is -2.26. The molecule has 0 saturated carbocycles. The Hall–Kier alpha value is -0.450. The first-order valence-electron chi connectivity index (χ1n) is 5.31. The first-order chi connectivity index (χ1) is 7.69. The minimum Gasteiger partial charge on any atom is -0.394 e. The van der Waals surface area contributed by atoms with Gasteiger partial charge in [-0.3, -0.25) is 9.29 Å². The van der Waals surface area contributed by atoms with Gasteiger partial charge in [-0.2, -0.15) is 0 Å². The van der Waals surface area contributed by atoms with E-state index >= 15 is 0 Å². The summed E-state index contributed by atoms with van der Waals surface area (Å²) in [6.07, 6.45) is 0.501. The molecule has 1 N–H and O–H groups in total. The molecular weight excluding hydrogens is 273 g/mol. The van der Waals surface area contributed by atoms with E-state index in [0.717, 1.165) is 10.0 Å². The summed E-state index contributed by atoms with van der Waals surface area (Å²) in [5, 5.41) is 9.39. The molecular formula is C12H17BrFNO. The highest BCUT2D eigenvalue weighted by Gasteiger charge is 2.15. The molecule has 0 radical (unpaired) electrons. The van der Waals surface area contributed by atoms with E-state index in [4.69, 9.17) is 0 Å². The fourth-order valence-electron chi connectivity index (χ4n) is 1.68. The van der Waals surface area contributed by atoms with Crippen LogP contribution < -0.4 is 0 Å². The van der Waals surface area contributed by atoms with Crippen LogP contribution in [0.3, 0.4) is 0 Å². The van der Waals surface area contributed by atoms with Crippen molar-refractivity contribution in [1.29, 1.82) is 0 Å². The number of hydrogen-bond donors (Lipinski definition) is 1. The second-order valence-electron chi connectivity index (χ2n) is 3.78. The molecule has 0 aliphatic heterocycles. The van der Waals surface area contributed by atoms with Crippen molar-refractivity contribution in [2.75, 3.05) is 26.9 Å². The van der Waals surface area contributed by atoms with Crippen LogP contribution in [0.25, 0.3) is 0 Å². The summed E-state index contributed by atoms with van der Waals surface area (Å²) < 4.78 is 13.1. The van der Waals surface area contributed by atoms with E-state index < -0.39 is 0 Å². The maximum absolute atomic E-state index is 12.1. The lowest BCUT2D eigenvalue weighted by Crippen LogP contribution is -2.28. The van der Waals surface area contributed by atoms with Crippen LogP contribution in [0, 0.1) is 0 Å². The molecule has 2 nitrogen and oxygen atoms in total. The molecule has 1 rings (SSSR count). The van der Waals surface area contributed by atoms with Crippen LogP contribution in [0.2, 0.25) is 0 Å². The average molecular weight is 290 g/mol. The van der Waals surface area contributed by atoms with Crippen LogP contribution in [0.1, 0.15) is 18.0 Å². The Kier molecular flexibility index (Phi) is 5.95. The molecule has 0 amide bonds. The lowest BCUT2D eigenvalue weighted by molar-refractivity contribution is 0.144. The zero-order chi connectivity index (χ0) is 12.0. The van der Waals surface area contributed by atoms with Gasteiger partial charge < -0.3 is 5.11 Å². The van der Waals surface area contributed by atoms with Gasteiger partial charge in [-0.05, 0) is 31.2 Å². The number of aliphatic hydroxyl groups excluding tert-OH is 1. The molecule has 4 heteroatoms. The summed E-state index contributed by atoms with van der Waals surface area (Å²) in [5.41, 5.74) is 1.04. The van der Waals surface area contributed by atoms with E-state index in [-0.39, 0.29) is 19.3 Å². The van der Waals surface area contributed by atoms with Crippen LogP contribution in [0.5, 0.6) is 0 Å². The predicted octanol–water partition coefficient (Wildman–Crippen LogP) is 2.77. The number of benzene rings is 1. The molecule has 0 fully saturated rings. The zero-order valence-electron chi connectivity index (χ0n) is 9.37. The zero-order valence-corrected chi connectivity index (χ0v) is 11.0. The van der Waals surface area contributed by atoms with Gasteiger partial charge in [0.05, 0.1) is 19.3 Å². The van der Waals surface area contributed by atoms with Gasteiger partial charge in [-0.15, -0.1) is 0 Å². The van der Waals surface area contributed by atoms with Crippen LogP contribution in [-0.4, -0.2) is 36.9 Å². The van der Waals surface area contributed by atoms with Gasteiger partial charge >= 0.3 is 0 Å². The summed E-state index contributed by atoms with van der Waals surface area (Å²) in [6, 6.07) is 7.76. The highest BCUT2D eigenvalue weighted by atomic mass is 79.9. The minimum atomic E-state index is -0.318. The highest BCUT2D eigenvalue weighted by Crippen LogP contribution is 2.22. The van der Waals surface area contributed by atoms with Gasteiger partial charge in [0.1, 0.15) is 0 Å². The Bertz CT molecular complexity index is 322. The third kappa shape index (κ3) is 3.85. The molecule has 1 atom stereocenters. The van der Waals surface area contributed by atoms with E-state index in [2.05, 4.69) is 15.9 Å². The highest BCUT2D eigenvalue weighted by molar-refractivity contribution is 9.10. The predicted molar refractivity (Wildman–Crippen MR) is 67.2 cm³/mol. The van der Waals surface area contributed by atoms with Crippen molar-refractivity contribution in [1.82, 2.24) is 4.90 Å². The summed E-state index contributed by atoms with van der Waals surface area (Å²) >= 11 is 3.40. The van der Waals surface area contributed by atoms with Gasteiger partial charge in [0, 0.05) is 11.0 Å². The van der Waals surface area contributed by atoms with Crippen LogP contribution in [0.15, 0.2) is 28.7 Å². The van der Waals surface area contributed by atoms with E-state index in [1.165, 1.54) is 0 Å². The molecule has 0 aliphatic rings. The molecule has 0 bridgehead atoms. The Labute approximate surface area is 104 Å². The van der Waals surface area contributed by atoms with E-state index in [1.807, 2.05) is 36.2 Å². The Balaban J connectivity index is 2.73. The summed E-state index contributed by atoms with van der Waals surface area (Å²) in [5.74, 6) is 0. The van der Waals surface area contributed by atoms with Gasteiger partial charge in [0.25, 0.3) is 0 Å². The van der Waals surface area contributed by atoms with E-state index in [1.54, 1.807) is 0 Å². The van der Waals surface area contributed by atoms with Crippen molar-refractivity contribution >= 4 is 15.9 Å². The first-order valence-corrected chi connectivity index (χ1v) is 6.11. The first kappa shape index (κ1) is 13.6. The third-order valence-electron chi connectivity index (χ3n) is 2.58. The Morgan fingerprint density at radius 1 is 1.50 bits per heavy atom. The number of nitrogens with zero attached hydrogens (tertiary/aromatic N) is 1. The van der Waals surface area contributed by atoms with Gasteiger partial charge in [-0.25, -0.2) is 0 Å². The van der Waals surface area contributed by atoms with Gasteiger partial charge in [0.15, 0.2) is 0 Å². The second kappa shape index (κ2) is 6.99. The van der Waals surface area contributed by atoms with Crippen LogP contribution in [-0.2, 0) is 0 Å². The summed E-state index contributed by atoms with van der Waals surface area (Å²) in [6.45, 7) is 0.369. The number of rotatable bonds is 6. The fourth-order valence-corrected chi connectivity index (χ4v) is 2.10. The van der Waals surface area contributed by atoms with Crippen LogP contribution >= 0.6 is 15.9 Å². The molecule has 1 unspecified atom stereocenters. The minimum absolute atomic E-state index is 0.0409. The van der Waals surface area contributed by atoms with Crippen molar-refractivity contribution in [2.24, 2.45) is 0 Å². The molecule has 0 aromatic heterocycles. The maximum atomic E-state index is 12.1. The summed E-state index contributed by atoms with van der Waals surface area (Å²) in [7, 11) is 1.90. The monoisotopic (exact) mass is 289 g/mol. The van der Waals surface area contributed by atoms with Gasteiger partial charge in [0.2, 0.25) is 0 Å². The molecule has 0 saturated heterocycles. The van der Waals surface area contributed by atoms with Crippen molar-refractivity contribution in [3.63, 3.8) is 0 Å². The largest absolute Gasteiger partial charge is 0.394 e. The smallest absolute Gasteiger partial charge is 0.0906 e. The quantitative estimate of drug-likeness (QED) is 0.871. The Morgan fingerprint density at radius 2 is 2.25 bits per heavy atom. The fraction of sp³-hybridized carbons (Fsp3) is 0.500. The van der Waals surface area contributed by atoms with Crippen molar-refractivity contribution in [3.05, 3.63) is 34.3 Å². The molecule has 1 aromatic rings. The maximum Gasteiger partial charge on any atom is 0.0906 e. The van der Waals surface area contributed by atoms with Crippen molar-refractivity contribution in [3.8, 4) is 0 Å². The molecule has 0 heterocycles. The number of aliphatic hydroxyl groups is 1. The third-order valence-corrected chi connectivity index (χ3v) is 3.08. The number of likely N-dealkylation sites (N-methyl/N-ethyl adjacent to an activating group) is 1. The Morgan fingerprint density at radius 3 is 2.81 bits per heavy atom. The molecule has 1 aromatic carbocycles. The van der Waals surface area contributed by atoms with Crippen molar-refractivity contribution in [2.45, 2.75) is 12.5 Å². The van der Waals surface area contributed by atoms with E-state index in [0.29, 0.717) is 13.0 Å². The normalized spacial score (nSPS) is 13.1. The molecule has 0 aliphatic carbocycles. The molecule has 16 heavy (non-hydrogen) atoms. The van der Waals surface area contributed by atoms with Crippen LogP contribution in [0.4, 0.5) is 4.39 Å². The van der Waals surface area contributed by atoms with Crippen molar-refractivity contribution < 1.29 is 9.50 Å². The molecule has 0 spiro atoms. The summed E-state index contributed by atoms with van der Waals surface area (Å²) in [4.78, 5) is 1.97. The lowest BCUT2D eigenvalue weighted by atomic mass is 10.1. The number of alkyl halides is 1. The average Bonchev–Trinajstić information content (AvgIpc) is 2.27. The number of hydrogen-bond acceptors (Lipinski definition) is 2. The van der Waals surface area contributed by atoms with Gasteiger partial charge in [-0.1, -0.05) is 28.1 Å². The molecule has 90 valence electrons. The topological polar surface area (TPSA) is 23.5 Å². The number of halogens is 2. The van der Waals surface area contributed by atoms with E-state index in [9.17, 15) is 9.50 Å². The SMILES string of the molecule is CN(CCCF)C(CO)c1cccc(Br)c1. The standard InChI is InChI=1S/C12H17BrFNO/c1-15(7-3-6-14)12(9-16)10-4-2-5-11(13)8-10/h2,4-5,8,12,16H,3,6-7,9H2,1H3. The second-order valence-corrected chi connectivity index (χ2v) is 4.69.